The van der Waals surface area contributed by atoms with Gasteiger partial charge < -0.3 is 16.6 Å². The number of hydrogen-bond acceptors (Lipinski definition) is 5. The normalized spacial score (nSPS) is 18.6. The van der Waals surface area contributed by atoms with Crippen molar-refractivity contribution in [2.24, 2.45) is 11.5 Å². The minimum atomic E-state index is -1.08. The van der Waals surface area contributed by atoms with Crippen LogP contribution >= 0.6 is 0 Å². The fraction of sp³-hybridized carbons (Fsp3) is 0.500. The zero-order valence-corrected chi connectivity index (χ0v) is 9.20. The molecular formula is C10H15N3O4. The Bertz CT molecular complexity index is 349. The molecule has 0 fully saturated rings. The summed E-state index contributed by atoms with van der Waals surface area (Å²) in [6.45, 7) is 0. The summed E-state index contributed by atoms with van der Waals surface area (Å²) in [6, 6.07) is -0.940. The fourth-order valence-corrected chi connectivity index (χ4v) is 1.54. The van der Waals surface area contributed by atoms with Crippen molar-refractivity contribution in [1.29, 1.82) is 0 Å². The molecule has 7 heteroatoms. The van der Waals surface area contributed by atoms with Gasteiger partial charge in [-0.2, -0.15) is 0 Å². The van der Waals surface area contributed by atoms with Gasteiger partial charge >= 0.3 is 5.97 Å². The van der Waals surface area contributed by atoms with Crippen LogP contribution in [0.2, 0.25) is 0 Å². The van der Waals surface area contributed by atoms with E-state index in [4.69, 9.17) is 16.6 Å². The van der Waals surface area contributed by atoms with Gasteiger partial charge in [0.2, 0.25) is 0 Å². The molecule has 1 heterocycles. The summed E-state index contributed by atoms with van der Waals surface area (Å²) in [4.78, 5) is 33.9. The van der Waals surface area contributed by atoms with Crippen molar-refractivity contribution in [2.45, 2.75) is 31.5 Å². The Morgan fingerprint density at radius 1 is 1.24 bits per heavy atom. The summed E-state index contributed by atoms with van der Waals surface area (Å²) in [5.41, 5.74) is 11.0. The number of nitrogens with zero attached hydrogens (tertiary/aromatic N) is 1. The molecule has 1 aliphatic heterocycles. The zero-order valence-electron chi connectivity index (χ0n) is 9.20. The Morgan fingerprint density at radius 3 is 2.24 bits per heavy atom. The lowest BCUT2D eigenvalue weighted by molar-refractivity contribution is -0.141. The minimum absolute atomic E-state index is 0.257. The Labute approximate surface area is 98.0 Å². The summed E-state index contributed by atoms with van der Waals surface area (Å²) >= 11 is 0. The molecular weight excluding hydrogens is 226 g/mol. The van der Waals surface area contributed by atoms with Gasteiger partial charge in [0.1, 0.15) is 6.04 Å². The molecule has 0 spiro atoms. The van der Waals surface area contributed by atoms with E-state index in [9.17, 15) is 14.4 Å². The highest BCUT2D eigenvalue weighted by Gasteiger charge is 2.28. The highest BCUT2D eigenvalue weighted by atomic mass is 16.4. The van der Waals surface area contributed by atoms with Crippen molar-refractivity contribution in [2.75, 3.05) is 0 Å². The van der Waals surface area contributed by atoms with Crippen LogP contribution in [0, 0.1) is 0 Å². The van der Waals surface area contributed by atoms with Crippen LogP contribution in [-0.2, 0) is 14.4 Å². The summed E-state index contributed by atoms with van der Waals surface area (Å²) in [5.74, 6) is -1.95. The van der Waals surface area contributed by atoms with Crippen molar-refractivity contribution >= 4 is 17.8 Å². The summed E-state index contributed by atoms with van der Waals surface area (Å²) in [7, 11) is 0. The van der Waals surface area contributed by atoms with Crippen LogP contribution < -0.4 is 11.5 Å². The lowest BCUT2D eigenvalue weighted by atomic mass is 10.1. The molecule has 0 saturated carbocycles. The van der Waals surface area contributed by atoms with Crippen LogP contribution in [0.1, 0.15) is 19.3 Å². The third kappa shape index (κ3) is 3.36. The smallest absolute Gasteiger partial charge is 0.320 e. The van der Waals surface area contributed by atoms with Crippen LogP contribution in [0.4, 0.5) is 0 Å². The van der Waals surface area contributed by atoms with E-state index in [0.29, 0.717) is 12.8 Å². The quantitative estimate of drug-likeness (QED) is 0.500. The van der Waals surface area contributed by atoms with Crippen molar-refractivity contribution in [3.63, 3.8) is 0 Å². The van der Waals surface area contributed by atoms with E-state index in [1.54, 1.807) is 0 Å². The fourth-order valence-electron chi connectivity index (χ4n) is 1.54. The maximum absolute atomic E-state index is 11.3. The van der Waals surface area contributed by atoms with Crippen LogP contribution in [-0.4, -0.2) is 40.0 Å². The first kappa shape index (κ1) is 13.3. The first-order chi connectivity index (χ1) is 7.93. The highest BCUT2D eigenvalue weighted by Crippen LogP contribution is 2.11. The largest absolute Gasteiger partial charge is 0.480 e. The standard InChI is InChI=1S/C10H15N3O4/c11-6(10(16)17)2-1-3-7(12)13-8(14)4-5-9(13)15/h4-7H,1-3,11-12H2,(H,16,17)/t6-,7?/m0/s1. The Balaban J connectivity index is 2.35. The Kier molecular flexibility index (Phi) is 4.36. The van der Waals surface area contributed by atoms with E-state index in [0.717, 1.165) is 17.1 Å². The Hall–Kier alpha value is -1.73. The van der Waals surface area contributed by atoms with Crippen molar-refractivity contribution < 1.29 is 19.5 Å². The van der Waals surface area contributed by atoms with Gasteiger partial charge in [-0.25, -0.2) is 0 Å². The molecule has 17 heavy (non-hydrogen) atoms. The number of rotatable bonds is 6. The molecule has 0 saturated heterocycles. The van der Waals surface area contributed by atoms with Gasteiger partial charge in [0.05, 0.1) is 6.17 Å². The predicted molar refractivity (Wildman–Crippen MR) is 58.4 cm³/mol. The minimum Gasteiger partial charge on any atom is -0.480 e. The second kappa shape index (κ2) is 5.55. The molecule has 1 unspecified atom stereocenters. The molecule has 5 N–H and O–H groups in total. The topological polar surface area (TPSA) is 127 Å². The molecule has 1 rings (SSSR count). The lowest BCUT2D eigenvalue weighted by Crippen LogP contribution is -2.45. The van der Waals surface area contributed by atoms with Crippen LogP contribution in [0.5, 0.6) is 0 Å². The first-order valence-electron chi connectivity index (χ1n) is 5.22. The van der Waals surface area contributed by atoms with E-state index >= 15 is 0 Å². The SMILES string of the molecule is NC(CCC[C@H](N)C(=O)O)N1C(=O)C=CC1=O. The maximum atomic E-state index is 11.3. The van der Waals surface area contributed by atoms with Gasteiger partial charge in [-0.05, 0) is 19.3 Å². The van der Waals surface area contributed by atoms with E-state index in [1.807, 2.05) is 0 Å². The van der Waals surface area contributed by atoms with E-state index in [1.165, 1.54) is 0 Å². The number of imide groups is 1. The van der Waals surface area contributed by atoms with Crippen LogP contribution in [0.15, 0.2) is 12.2 Å². The average molecular weight is 241 g/mol. The zero-order chi connectivity index (χ0) is 13.0. The molecule has 0 aromatic carbocycles. The van der Waals surface area contributed by atoms with Gasteiger partial charge in [0.15, 0.2) is 0 Å². The number of amides is 2. The molecule has 0 aromatic rings. The molecule has 94 valence electrons. The van der Waals surface area contributed by atoms with Gasteiger partial charge in [-0.15, -0.1) is 0 Å². The molecule has 0 radical (unpaired) electrons. The monoisotopic (exact) mass is 241 g/mol. The van der Waals surface area contributed by atoms with Gasteiger partial charge in [-0.3, -0.25) is 19.3 Å². The molecule has 2 amide bonds. The first-order valence-corrected chi connectivity index (χ1v) is 5.22. The van der Waals surface area contributed by atoms with E-state index < -0.39 is 30.0 Å². The summed E-state index contributed by atoms with van der Waals surface area (Å²) < 4.78 is 0. The second-order valence-corrected chi connectivity index (χ2v) is 3.82. The molecule has 2 atom stereocenters. The number of hydrogen-bond donors (Lipinski definition) is 3. The van der Waals surface area contributed by atoms with Gasteiger partial charge in [0.25, 0.3) is 11.8 Å². The number of carbonyl (C=O) groups is 3. The maximum Gasteiger partial charge on any atom is 0.320 e. The number of carbonyl (C=O) groups excluding carboxylic acids is 2. The number of nitrogens with two attached hydrogens (primary N) is 2. The lowest BCUT2D eigenvalue weighted by Gasteiger charge is -2.22. The van der Waals surface area contributed by atoms with Crippen LogP contribution in [0.25, 0.3) is 0 Å². The number of aliphatic carboxylic acids is 1. The predicted octanol–water partition coefficient (Wildman–Crippen LogP) is -1.22. The van der Waals surface area contributed by atoms with Gasteiger partial charge in [0, 0.05) is 12.2 Å². The number of carboxylic acid groups (broad SMARTS) is 1. The third-order valence-electron chi connectivity index (χ3n) is 2.51. The molecule has 0 aliphatic carbocycles. The molecule has 0 bridgehead atoms. The number of carboxylic acids is 1. The second-order valence-electron chi connectivity index (χ2n) is 3.82. The van der Waals surface area contributed by atoms with Gasteiger partial charge in [-0.1, -0.05) is 0 Å². The van der Waals surface area contributed by atoms with Crippen molar-refractivity contribution in [1.82, 2.24) is 4.90 Å². The average Bonchev–Trinajstić information content (AvgIpc) is 2.58. The summed E-state index contributed by atoms with van der Waals surface area (Å²) in [6.07, 6.45) is 2.61. The van der Waals surface area contributed by atoms with Crippen LogP contribution in [0.3, 0.4) is 0 Å². The van der Waals surface area contributed by atoms with Crippen molar-refractivity contribution in [3.05, 3.63) is 12.2 Å². The third-order valence-corrected chi connectivity index (χ3v) is 2.51. The van der Waals surface area contributed by atoms with Crippen molar-refractivity contribution in [3.8, 4) is 0 Å². The van der Waals surface area contributed by atoms with E-state index in [2.05, 4.69) is 0 Å². The highest BCUT2D eigenvalue weighted by molar-refractivity contribution is 6.13. The van der Waals surface area contributed by atoms with E-state index in [-0.39, 0.29) is 6.42 Å². The molecule has 0 aromatic heterocycles. The summed E-state index contributed by atoms with van der Waals surface area (Å²) in [5, 5.41) is 8.56. The Morgan fingerprint density at radius 2 is 1.76 bits per heavy atom. The molecule has 7 nitrogen and oxygen atoms in total. The molecule has 1 aliphatic rings.